The molecule has 0 bridgehead atoms. The smallest absolute Gasteiger partial charge is 0.335 e. The zero-order valence-electron chi connectivity index (χ0n) is 12.8. The van der Waals surface area contributed by atoms with Crippen LogP contribution in [0, 0.1) is 6.92 Å². The maximum atomic E-state index is 11.0. The number of carbonyl (C=O) groups is 1. The number of carboxylic acid groups (broad SMARTS) is 1. The molecule has 0 aliphatic rings. The van der Waals surface area contributed by atoms with Crippen molar-refractivity contribution in [2.45, 2.75) is 6.92 Å². The molecule has 0 saturated heterocycles. The maximum absolute atomic E-state index is 11.0. The molecule has 2 aromatic carbocycles. The van der Waals surface area contributed by atoms with Crippen LogP contribution >= 0.6 is 0 Å². The summed E-state index contributed by atoms with van der Waals surface area (Å²) >= 11 is 0. The van der Waals surface area contributed by atoms with Crippen LogP contribution in [-0.2, 0) is 0 Å². The van der Waals surface area contributed by atoms with Crippen molar-refractivity contribution in [2.24, 2.45) is 0 Å². The first kappa shape index (κ1) is 15.6. The van der Waals surface area contributed by atoms with Crippen molar-refractivity contribution in [3.8, 4) is 11.5 Å². The average Bonchev–Trinajstić information content (AvgIpc) is 2.52. The summed E-state index contributed by atoms with van der Waals surface area (Å²) in [6.07, 6.45) is 3.85. The number of aromatic carboxylic acids is 1. The average molecular weight is 298 g/mol. The van der Waals surface area contributed by atoms with E-state index in [1.54, 1.807) is 33.3 Å². The van der Waals surface area contributed by atoms with Gasteiger partial charge in [0.15, 0.2) is 0 Å². The highest BCUT2D eigenvalue weighted by molar-refractivity contribution is 5.89. The van der Waals surface area contributed by atoms with E-state index >= 15 is 0 Å². The van der Waals surface area contributed by atoms with Crippen molar-refractivity contribution in [3.05, 3.63) is 58.7 Å². The predicted octanol–water partition coefficient (Wildman–Crippen LogP) is 3.88. The second-order valence-corrected chi connectivity index (χ2v) is 4.86. The lowest BCUT2D eigenvalue weighted by Gasteiger charge is -2.06. The van der Waals surface area contributed by atoms with Crippen LogP contribution in [0.15, 0.2) is 36.4 Å². The first-order valence-electron chi connectivity index (χ1n) is 6.78. The van der Waals surface area contributed by atoms with Gasteiger partial charge in [0.25, 0.3) is 0 Å². The van der Waals surface area contributed by atoms with E-state index in [1.165, 1.54) is 0 Å². The lowest BCUT2D eigenvalue weighted by atomic mass is 10.0. The highest BCUT2D eigenvalue weighted by Crippen LogP contribution is 2.24. The molecule has 0 unspecified atom stereocenters. The Kier molecular flexibility index (Phi) is 4.84. The van der Waals surface area contributed by atoms with Crippen LogP contribution < -0.4 is 9.47 Å². The first-order valence-corrected chi connectivity index (χ1v) is 6.78. The molecular weight excluding hydrogens is 280 g/mol. The number of hydrogen-bond acceptors (Lipinski definition) is 3. The lowest BCUT2D eigenvalue weighted by Crippen LogP contribution is -1.99. The summed E-state index contributed by atoms with van der Waals surface area (Å²) in [5, 5.41) is 9.03. The summed E-state index contributed by atoms with van der Waals surface area (Å²) in [6, 6.07) is 10.9. The zero-order chi connectivity index (χ0) is 16.1. The SMILES string of the molecule is COc1cc(/C=C\c2ccc(C(=O)O)c(C)c2)cc(OC)c1. The van der Waals surface area contributed by atoms with Crippen molar-refractivity contribution in [1.82, 2.24) is 0 Å². The lowest BCUT2D eigenvalue weighted by molar-refractivity contribution is 0.0696. The topological polar surface area (TPSA) is 55.8 Å². The van der Waals surface area contributed by atoms with Crippen LogP contribution in [0.3, 0.4) is 0 Å². The van der Waals surface area contributed by atoms with E-state index in [9.17, 15) is 4.79 Å². The third-order valence-electron chi connectivity index (χ3n) is 3.32. The van der Waals surface area contributed by atoms with E-state index in [-0.39, 0.29) is 0 Å². The van der Waals surface area contributed by atoms with Crippen LogP contribution in [0.5, 0.6) is 11.5 Å². The Morgan fingerprint density at radius 3 is 2.05 bits per heavy atom. The van der Waals surface area contributed by atoms with Gasteiger partial charge in [0.2, 0.25) is 0 Å². The van der Waals surface area contributed by atoms with Crippen molar-refractivity contribution >= 4 is 18.1 Å². The molecular formula is C18H18O4. The minimum absolute atomic E-state index is 0.320. The van der Waals surface area contributed by atoms with Gasteiger partial charge >= 0.3 is 5.97 Å². The third kappa shape index (κ3) is 3.67. The van der Waals surface area contributed by atoms with E-state index in [0.29, 0.717) is 5.56 Å². The van der Waals surface area contributed by atoms with Crippen molar-refractivity contribution in [2.75, 3.05) is 14.2 Å². The largest absolute Gasteiger partial charge is 0.497 e. The van der Waals surface area contributed by atoms with Gasteiger partial charge in [0.05, 0.1) is 19.8 Å². The van der Waals surface area contributed by atoms with Crippen LogP contribution in [-0.4, -0.2) is 25.3 Å². The fraction of sp³-hybridized carbons (Fsp3) is 0.167. The van der Waals surface area contributed by atoms with Crippen LogP contribution in [0.2, 0.25) is 0 Å². The van der Waals surface area contributed by atoms with E-state index in [2.05, 4.69) is 0 Å². The molecule has 2 aromatic rings. The molecule has 0 aliphatic carbocycles. The molecule has 0 atom stereocenters. The summed E-state index contributed by atoms with van der Waals surface area (Å²) in [6.45, 7) is 1.79. The fourth-order valence-electron chi connectivity index (χ4n) is 2.15. The van der Waals surface area contributed by atoms with Crippen LogP contribution in [0.4, 0.5) is 0 Å². The first-order chi connectivity index (χ1) is 10.5. The fourth-order valence-corrected chi connectivity index (χ4v) is 2.15. The van der Waals surface area contributed by atoms with E-state index in [1.807, 2.05) is 36.4 Å². The Balaban J connectivity index is 2.28. The number of methoxy groups -OCH3 is 2. The molecule has 0 aromatic heterocycles. The van der Waals surface area contributed by atoms with E-state index in [4.69, 9.17) is 14.6 Å². The molecule has 0 heterocycles. The summed E-state index contributed by atoms with van der Waals surface area (Å²) in [5.41, 5.74) is 2.93. The van der Waals surface area contributed by atoms with Crippen molar-refractivity contribution in [3.63, 3.8) is 0 Å². The summed E-state index contributed by atoms with van der Waals surface area (Å²) in [5.74, 6) is 0.526. The van der Waals surface area contributed by atoms with Crippen LogP contribution in [0.25, 0.3) is 12.2 Å². The minimum Gasteiger partial charge on any atom is -0.497 e. The number of hydrogen-bond donors (Lipinski definition) is 1. The molecule has 4 nitrogen and oxygen atoms in total. The second-order valence-electron chi connectivity index (χ2n) is 4.86. The summed E-state index contributed by atoms with van der Waals surface area (Å²) < 4.78 is 10.5. The summed E-state index contributed by atoms with van der Waals surface area (Å²) in [7, 11) is 3.21. The number of ether oxygens (including phenoxy) is 2. The van der Waals surface area contributed by atoms with Gasteiger partial charge in [0.1, 0.15) is 11.5 Å². The zero-order valence-corrected chi connectivity index (χ0v) is 12.8. The molecule has 0 saturated carbocycles. The Morgan fingerprint density at radius 1 is 0.955 bits per heavy atom. The summed E-state index contributed by atoms with van der Waals surface area (Å²) in [4.78, 5) is 11.0. The van der Waals surface area contributed by atoms with Gasteiger partial charge in [-0.1, -0.05) is 24.3 Å². The van der Waals surface area contributed by atoms with Crippen molar-refractivity contribution < 1.29 is 19.4 Å². The number of benzene rings is 2. The van der Waals surface area contributed by atoms with Crippen LogP contribution in [0.1, 0.15) is 27.0 Å². The van der Waals surface area contributed by atoms with Gasteiger partial charge in [-0.3, -0.25) is 0 Å². The van der Waals surface area contributed by atoms with Gasteiger partial charge in [-0.05, 0) is 41.8 Å². The van der Waals surface area contributed by atoms with Crippen molar-refractivity contribution in [1.29, 1.82) is 0 Å². The van der Waals surface area contributed by atoms with Gasteiger partial charge < -0.3 is 14.6 Å². The number of rotatable bonds is 5. The van der Waals surface area contributed by atoms with E-state index < -0.39 is 5.97 Å². The Bertz CT molecular complexity index is 695. The number of aryl methyl sites for hydroxylation is 1. The molecule has 0 aliphatic heterocycles. The molecule has 0 amide bonds. The quantitative estimate of drug-likeness (QED) is 0.851. The van der Waals surface area contributed by atoms with Gasteiger partial charge in [-0.2, -0.15) is 0 Å². The van der Waals surface area contributed by atoms with Gasteiger partial charge in [-0.25, -0.2) is 4.79 Å². The predicted molar refractivity (Wildman–Crippen MR) is 86.6 cm³/mol. The Hall–Kier alpha value is -2.75. The van der Waals surface area contributed by atoms with Gasteiger partial charge in [0, 0.05) is 6.07 Å². The molecule has 2 rings (SSSR count). The Morgan fingerprint density at radius 2 is 1.55 bits per heavy atom. The highest BCUT2D eigenvalue weighted by atomic mass is 16.5. The Labute approximate surface area is 129 Å². The standard InChI is InChI=1S/C18H18O4/c1-12-8-13(6-7-17(12)18(19)20)4-5-14-9-15(21-2)11-16(10-14)22-3/h4-11H,1-3H3,(H,19,20)/b5-4-. The minimum atomic E-state index is -0.912. The maximum Gasteiger partial charge on any atom is 0.335 e. The van der Waals surface area contributed by atoms with Gasteiger partial charge in [-0.15, -0.1) is 0 Å². The molecule has 0 spiro atoms. The molecule has 1 N–H and O–H groups in total. The molecule has 0 fully saturated rings. The third-order valence-corrected chi connectivity index (χ3v) is 3.32. The second kappa shape index (κ2) is 6.80. The number of carboxylic acids is 1. The molecule has 0 radical (unpaired) electrons. The highest BCUT2D eigenvalue weighted by Gasteiger charge is 2.06. The normalized spacial score (nSPS) is 10.7. The molecule has 114 valence electrons. The molecule has 4 heteroatoms. The molecule has 22 heavy (non-hydrogen) atoms. The monoisotopic (exact) mass is 298 g/mol. The van der Waals surface area contributed by atoms with E-state index in [0.717, 1.165) is 28.2 Å².